The van der Waals surface area contributed by atoms with Gasteiger partial charge >= 0.3 is 6.03 Å². The van der Waals surface area contributed by atoms with Gasteiger partial charge in [-0.3, -0.25) is 14.9 Å². The maximum atomic E-state index is 12.9. The van der Waals surface area contributed by atoms with Gasteiger partial charge in [0.25, 0.3) is 11.6 Å². The number of anilines is 1. The molecule has 1 aliphatic heterocycles. The van der Waals surface area contributed by atoms with Gasteiger partial charge in [-0.1, -0.05) is 27.5 Å². The number of nitro benzene ring substituents is 1. The number of benzene rings is 3. The Morgan fingerprint density at radius 3 is 2.40 bits per heavy atom. The summed E-state index contributed by atoms with van der Waals surface area (Å²) in [6.45, 7) is 0.159. The molecule has 1 fully saturated rings. The summed E-state index contributed by atoms with van der Waals surface area (Å²) in [7, 11) is 1.48. The van der Waals surface area contributed by atoms with E-state index < -0.39 is 16.9 Å². The van der Waals surface area contributed by atoms with Gasteiger partial charge in [-0.2, -0.15) is 0 Å². The number of nitrogens with zero attached hydrogens (tertiary/aromatic N) is 2. The van der Waals surface area contributed by atoms with Gasteiger partial charge in [0.1, 0.15) is 12.3 Å². The Hall–Kier alpha value is -3.89. The molecular weight excluding hydrogens is 542 g/mol. The van der Waals surface area contributed by atoms with Gasteiger partial charge in [-0.25, -0.2) is 9.69 Å². The third kappa shape index (κ3) is 5.28. The first-order valence-corrected chi connectivity index (χ1v) is 11.3. The first-order valence-electron chi connectivity index (χ1n) is 10.1. The van der Waals surface area contributed by atoms with Crippen LogP contribution in [0.3, 0.4) is 0 Å². The zero-order valence-corrected chi connectivity index (χ0v) is 20.5. The SMILES string of the molecule is COc1cc(/C=C2/NC(=O)N(c3ccc(Cl)cc3)C2=O)c(Br)cc1OCc1ccc([N+](=O)[O-])cc1. The first-order chi connectivity index (χ1) is 16.8. The molecule has 1 heterocycles. The number of amides is 3. The Balaban J connectivity index is 1.54. The Morgan fingerprint density at radius 1 is 1.09 bits per heavy atom. The summed E-state index contributed by atoms with van der Waals surface area (Å²) in [5, 5.41) is 13.9. The van der Waals surface area contributed by atoms with Gasteiger partial charge in [0.05, 0.1) is 17.7 Å². The minimum Gasteiger partial charge on any atom is -0.493 e. The third-order valence-electron chi connectivity index (χ3n) is 5.09. The highest BCUT2D eigenvalue weighted by Gasteiger charge is 2.35. The molecule has 4 rings (SSSR count). The van der Waals surface area contributed by atoms with Crippen molar-refractivity contribution in [2.75, 3.05) is 12.0 Å². The van der Waals surface area contributed by atoms with Gasteiger partial charge in [-0.15, -0.1) is 0 Å². The highest BCUT2D eigenvalue weighted by atomic mass is 79.9. The third-order valence-corrected chi connectivity index (χ3v) is 6.03. The molecule has 0 radical (unpaired) electrons. The fourth-order valence-electron chi connectivity index (χ4n) is 3.32. The Kier molecular flexibility index (Phi) is 7.04. The number of ether oxygens (including phenoxy) is 2. The van der Waals surface area contributed by atoms with Crippen LogP contribution in [0.25, 0.3) is 6.08 Å². The van der Waals surface area contributed by atoms with Crippen molar-refractivity contribution in [2.24, 2.45) is 0 Å². The van der Waals surface area contributed by atoms with Gasteiger partial charge in [0.2, 0.25) is 0 Å². The standard InChI is InChI=1S/C24H17BrClN3O6/c1-34-21-11-15(10-20-23(30)28(24(31)27-20)17-8-4-16(26)5-9-17)19(25)12-22(21)35-13-14-2-6-18(7-3-14)29(32)33/h2-12H,13H2,1H3,(H,27,31)/b20-10+. The van der Waals surface area contributed by atoms with Crippen LogP contribution >= 0.6 is 27.5 Å². The largest absolute Gasteiger partial charge is 0.493 e. The molecule has 3 aromatic rings. The minimum atomic E-state index is -0.574. The van der Waals surface area contributed by atoms with Crippen molar-refractivity contribution in [3.8, 4) is 11.5 Å². The lowest BCUT2D eigenvalue weighted by atomic mass is 10.1. The molecule has 3 aromatic carbocycles. The number of carbonyl (C=O) groups is 2. The molecule has 3 amide bonds. The van der Waals surface area contributed by atoms with Crippen molar-refractivity contribution in [3.05, 3.63) is 97.1 Å². The highest BCUT2D eigenvalue weighted by molar-refractivity contribution is 9.10. The summed E-state index contributed by atoms with van der Waals surface area (Å²) >= 11 is 9.36. The number of nitro groups is 1. The van der Waals surface area contributed by atoms with Crippen LogP contribution in [0, 0.1) is 10.1 Å². The molecule has 0 unspecified atom stereocenters. The molecule has 0 aliphatic carbocycles. The maximum absolute atomic E-state index is 12.9. The molecule has 0 atom stereocenters. The van der Waals surface area contributed by atoms with Crippen LogP contribution in [0.5, 0.6) is 11.5 Å². The van der Waals surface area contributed by atoms with Crippen molar-refractivity contribution in [3.63, 3.8) is 0 Å². The summed E-state index contributed by atoms with van der Waals surface area (Å²) < 4.78 is 11.9. The van der Waals surface area contributed by atoms with E-state index in [1.54, 1.807) is 48.5 Å². The fraction of sp³-hybridized carbons (Fsp3) is 0.0833. The number of non-ortho nitro benzene ring substituents is 1. The summed E-state index contributed by atoms with van der Waals surface area (Å²) in [5.41, 5.74) is 1.79. The van der Waals surface area contributed by atoms with E-state index >= 15 is 0 Å². The van der Waals surface area contributed by atoms with Gasteiger partial charge < -0.3 is 14.8 Å². The van der Waals surface area contributed by atoms with E-state index in [0.29, 0.717) is 32.2 Å². The molecule has 0 bridgehead atoms. The zero-order chi connectivity index (χ0) is 25.1. The lowest BCUT2D eigenvalue weighted by molar-refractivity contribution is -0.384. The second kappa shape index (κ2) is 10.2. The number of urea groups is 1. The van der Waals surface area contributed by atoms with E-state index in [2.05, 4.69) is 21.2 Å². The molecule has 1 aliphatic rings. The van der Waals surface area contributed by atoms with Crippen molar-refractivity contribution >= 4 is 56.9 Å². The summed E-state index contributed by atoms with van der Waals surface area (Å²) in [4.78, 5) is 36.7. The predicted octanol–water partition coefficient (Wildman–Crippen LogP) is 5.70. The smallest absolute Gasteiger partial charge is 0.333 e. The van der Waals surface area contributed by atoms with Crippen LogP contribution in [-0.2, 0) is 11.4 Å². The zero-order valence-electron chi connectivity index (χ0n) is 18.2. The monoisotopic (exact) mass is 557 g/mol. The molecule has 1 saturated heterocycles. The van der Waals surface area contributed by atoms with Crippen LogP contribution in [0.4, 0.5) is 16.2 Å². The van der Waals surface area contributed by atoms with Crippen LogP contribution < -0.4 is 19.7 Å². The van der Waals surface area contributed by atoms with E-state index in [-0.39, 0.29) is 18.0 Å². The fourth-order valence-corrected chi connectivity index (χ4v) is 3.89. The Bertz CT molecular complexity index is 1340. The molecule has 0 saturated carbocycles. The highest BCUT2D eigenvalue weighted by Crippen LogP contribution is 2.36. The maximum Gasteiger partial charge on any atom is 0.333 e. The number of imide groups is 1. The average molecular weight is 559 g/mol. The van der Waals surface area contributed by atoms with E-state index in [0.717, 1.165) is 10.5 Å². The van der Waals surface area contributed by atoms with Crippen molar-refractivity contribution in [1.82, 2.24) is 5.32 Å². The van der Waals surface area contributed by atoms with E-state index in [9.17, 15) is 19.7 Å². The van der Waals surface area contributed by atoms with Gasteiger partial charge in [-0.05, 0) is 65.7 Å². The van der Waals surface area contributed by atoms with E-state index in [1.807, 2.05) is 0 Å². The number of hydrogen-bond acceptors (Lipinski definition) is 6. The Labute approximate surface area is 213 Å². The molecule has 1 N–H and O–H groups in total. The predicted molar refractivity (Wildman–Crippen MR) is 134 cm³/mol. The van der Waals surface area contributed by atoms with E-state index in [1.165, 1.54) is 25.3 Å². The second-order valence-electron chi connectivity index (χ2n) is 7.34. The van der Waals surface area contributed by atoms with Crippen LogP contribution in [0.15, 0.2) is 70.8 Å². The molecule has 0 spiro atoms. The summed E-state index contributed by atoms with van der Waals surface area (Å²) in [6.07, 6.45) is 1.53. The molecule has 11 heteroatoms. The number of hydrogen-bond donors (Lipinski definition) is 1. The molecule has 178 valence electrons. The van der Waals surface area contributed by atoms with Crippen molar-refractivity contribution in [2.45, 2.75) is 6.61 Å². The van der Waals surface area contributed by atoms with Crippen LogP contribution in [0.1, 0.15) is 11.1 Å². The average Bonchev–Trinajstić information content (AvgIpc) is 3.12. The van der Waals surface area contributed by atoms with Crippen LogP contribution in [-0.4, -0.2) is 24.0 Å². The van der Waals surface area contributed by atoms with E-state index in [4.69, 9.17) is 21.1 Å². The van der Waals surface area contributed by atoms with Crippen molar-refractivity contribution in [1.29, 1.82) is 0 Å². The molecule has 0 aromatic heterocycles. The number of rotatable bonds is 7. The lowest BCUT2D eigenvalue weighted by Gasteiger charge is -2.13. The topological polar surface area (TPSA) is 111 Å². The second-order valence-corrected chi connectivity index (χ2v) is 8.63. The normalized spacial score (nSPS) is 14.3. The number of nitrogens with one attached hydrogen (secondary N) is 1. The quantitative estimate of drug-likeness (QED) is 0.172. The lowest BCUT2D eigenvalue weighted by Crippen LogP contribution is -2.30. The first kappa shape index (κ1) is 24.2. The summed E-state index contributed by atoms with van der Waals surface area (Å²) in [5.74, 6) is 0.305. The van der Waals surface area contributed by atoms with Gasteiger partial charge in [0.15, 0.2) is 11.5 Å². The number of carbonyl (C=O) groups excluding carboxylic acids is 2. The molecular formula is C24H17BrClN3O6. The molecule has 9 nitrogen and oxygen atoms in total. The van der Waals surface area contributed by atoms with Crippen molar-refractivity contribution < 1.29 is 24.0 Å². The minimum absolute atomic E-state index is 0.00496. The van der Waals surface area contributed by atoms with Crippen LogP contribution in [0.2, 0.25) is 5.02 Å². The summed E-state index contributed by atoms with van der Waals surface area (Å²) in [6, 6.07) is 15.1. The number of halogens is 2. The van der Waals surface area contributed by atoms with Gasteiger partial charge in [0, 0.05) is 21.6 Å². The molecule has 35 heavy (non-hydrogen) atoms. The Morgan fingerprint density at radius 2 is 1.77 bits per heavy atom. The number of methoxy groups -OCH3 is 1.